The zero-order chi connectivity index (χ0) is 12.5. The Morgan fingerprint density at radius 3 is 2.67 bits per heavy atom. The summed E-state index contributed by atoms with van der Waals surface area (Å²) >= 11 is 3.58. The van der Waals surface area contributed by atoms with E-state index in [9.17, 15) is 0 Å². The van der Waals surface area contributed by atoms with Crippen molar-refractivity contribution in [3.05, 3.63) is 46.3 Å². The first-order valence-electron chi connectivity index (χ1n) is 6.05. The van der Waals surface area contributed by atoms with Gasteiger partial charge in [-0.2, -0.15) is 0 Å². The van der Waals surface area contributed by atoms with Crippen molar-refractivity contribution in [1.29, 1.82) is 0 Å². The second-order valence-corrected chi connectivity index (χ2v) is 5.44. The van der Waals surface area contributed by atoms with Gasteiger partial charge in [-0.25, -0.2) is 9.97 Å². The Balaban J connectivity index is 2.06. The highest BCUT2D eigenvalue weighted by atomic mass is 79.9. The second kappa shape index (κ2) is 4.78. The van der Waals surface area contributed by atoms with Gasteiger partial charge in [-0.05, 0) is 19.1 Å². The molecule has 0 aliphatic carbocycles. The maximum atomic E-state index is 4.71. The van der Waals surface area contributed by atoms with Gasteiger partial charge in [-0.15, -0.1) is 0 Å². The predicted molar refractivity (Wildman–Crippen MR) is 75.5 cm³/mol. The van der Waals surface area contributed by atoms with Crippen LogP contribution in [0.4, 0.5) is 0 Å². The van der Waals surface area contributed by atoms with Gasteiger partial charge in [0.2, 0.25) is 0 Å². The second-order valence-electron chi connectivity index (χ2n) is 4.59. The standard InChI is InChI=1S/C14H14BrN3/c1-9-6-13(11-4-2-3-5-12(11)15)18-14(17-9)10-7-16-8-10/h2-6,10,16H,7-8H2,1H3. The molecule has 0 saturated carbocycles. The van der Waals surface area contributed by atoms with E-state index in [-0.39, 0.29) is 0 Å². The van der Waals surface area contributed by atoms with Crippen LogP contribution in [-0.2, 0) is 0 Å². The van der Waals surface area contributed by atoms with E-state index in [2.05, 4.69) is 32.3 Å². The molecule has 92 valence electrons. The molecule has 3 rings (SSSR count). The summed E-state index contributed by atoms with van der Waals surface area (Å²) in [5.41, 5.74) is 3.14. The van der Waals surface area contributed by atoms with Crippen LogP contribution in [0.15, 0.2) is 34.8 Å². The number of rotatable bonds is 2. The fraction of sp³-hybridized carbons (Fsp3) is 0.286. The van der Waals surface area contributed by atoms with E-state index in [1.54, 1.807) is 0 Å². The number of nitrogens with zero attached hydrogens (tertiary/aromatic N) is 2. The van der Waals surface area contributed by atoms with Crippen LogP contribution < -0.4 is 5.32 Å². The van der Waals surface area contributed by atoms with Crippen molar-refractivity contribution in [3.63, 3.8) is 0 Å². The van der Waals surface area contributed by atoms with E-state index in [1.807, 2.05) is 31.2 Å². The number of nitrogens with one attached hydrogen (secondary N) is 1. The molecule has 1 aromatic heterocycles. The molecule has 18 heavy (non-hydrogen) atoms. The zero-order valence-electron chi connectivity index (χ0n) is 10.2. The Morgan fingerprint density at radius 1 is 1.22 bits per heavy atom. The van der Waals surface area contributed by atoms with Crippen molar-refractivity contribution in [2.24, 2.45) is 0 Å². The molecule has 2 heterocycles. The van der Waals surface area contributed by atoms with Gasteiger partial charge in [0, 0.05) is 34.7 Å². The first-order chi connectivity index (χ1) is 8.74. The zero-order valence-corrected chi connectivity index (χ0v) is 11.7. The van der Waals surface area contributed by atoms with Crippen LogP contribution in [0.2, 0.25) is 0 Å². The van der Waals surface area contributed by atoms with Gasteiger partial charge >= 0.3 is 0 Å². The monoisotopic (exact) mass is 303 g/mol. The molecule has 0 bridgehead atoms. The third-order valence-corrected chi connectivity index (χ3v) is 3.86. The highest BCUT2D eigenvalue weighted by Gasteiger charge is 2.22. The summed E-state index contributed by atoms with van der Waals surface area (Å²) in [5.74, 6) is 1.42. The van der Waals surface area contributed by atoms with Crippen LogP contribution in [0, 0.1) is 6.92 Å². The molecule has 1 fully saturated rings. The SMILES string of the molecule is Cc1cc(-c2ccccc2Br)nc(C2CNC2)n1. The van der Waals surface area contributed by atoms with Crippen molar-refractivity contribution in [2.75, 3.05) is 13.1 Å². The van der Waals surface area contributed by atoms with Gasteiger partial charge in [-0.1, -0.05) is 34.1 Å². The van der Waals surface area contributed by atoms with Crippen LogP contribution >= 0.6 is 15.9 Å². The largest absolute Gasteiger partial charge is 0.315 e. The highest BCUT2D eigenvalue weighted by Crippen LogP contribution is 2.28. The fourth-order valence-electron chi connectivity index (χ4n) is 2.05. The van der Waals surface area contributed by atoms with Crippen LogP contribution in [0.3, 0.4) is 0 Å². The molecule has 2 aromatic rings. The van der Waals surface area contributed by atoms with Crippen molar-refractivity contribution in [1.82, 2.24) is 15.3 Å². The third kappa shape index (κ3) is 2.18. The molecule has 4 heteroatoms. The number of aryl methyl sites for hydroxylation is 1. The fourth-order valence-corrected chi connectivity index (χ4v) is 2.54. The average Bonchev–Trinajstić information content (AvgIpc) is 2.26. The van der Waals surface area contributed by atoms with Crippen LogP contribution in [0.25, 0.3) is 11.3 Å². The van der Waals surface area contributed by atoms with E-state index >= 15 is 0 Å². The van der Waals surface area contributed by atoms with Gasteiger partial charge in [0.25, 0.3) is 0 Å². The van der Waals surface area contributed by atoms with E-state index in [1.165, 1.54) is 0 Å². The first-order valence-corrected chi connectivity index (χ1v) is 6.84. The van der Waals surface area contributed by atoms with Crippen molar-refractivity contribution >= 4 is 15.9 Å². The molecular weight excluding hydrogens is 290 g/mol. The maximum Gasteiger partial charge on any atom is 0.134 e. The summed E-state index contributed by atoms with van der Waals surface area (Å²) in [4.78, 5) is 9.25. The number of aromatic nitrogens is 2. The molecule has 1 saturated heterocycles. The summed E-state index contributed by atoms with van der Waals surface area (Å²) in [7, 11) is 0. The smallest absolute Gasteiger partial charge is 0.134 e. The number of benzene rings is 1. The van der Waals surface area contributed by atoms with E-state index in [0.29, 0.717) is 5.92 Å². The minimum atomic E-state index is 0.464. The van der Waals surface area contributed by atoms with Crippen LogP contribution in [0.5, 0.6) is 0 Å². The Kier molecular flexibility index (Phi) is 3.14. The lowest BCUT2D eigenvalue weighted by Crippen LogP contribution is -2.41. The first kappa shape index (κ1) is 11.8. The quantitative estimate of drug-likeness (QED) is 0.927. The van der Waals surface area contributed by atoms with E-state index in [4.69, 9.17) is 4.98 Å². The molecule has 1 aromatic carbocycles. The minimum absolute atomic E-state index is 0.464. The molecule has 1 aliphatic rings. The normalized spacial score (nSPS) is 15.4. The van der Waals surface area contributed by atoms with Gasteiger partial charge < -0.3 is 5.32 Å². The lowest BCUT2D eigenvalue weighted by atomic mass is 10.0. The summed E-state index contributed by atoms with van der Waals surface area (Å²) < 4.78 is 1.07. The molecular formula is C14H14BrN3. The highest BCUT2D eigenvalue weighted by molar-refractivity contribution is 9.10. The Morgan fingerprint density at radius 2 is 2.00 bits per heavy atom. The van der Waals surface area contributed by atoms with Crippen LogP contribution in [-0.4, -0.2) is 23.1 Å². The number of halogens is 1. The lowest BCUT2D eigenvalue weighted by molar-refractivity contribution is 0.429. The number of hydrogen-bond acceptors (Lipinski definition) is 3. The lowest BCUT2D eigenvalue weighted by Gasteiger charge is -2.26. The third-order valence-electron chi connectivity index (χ3n) is 3.17. The van der Waals surface area contributed by atoms with E-state index in [0.717, 1.165) is 40.3 Å². The summed E-state index contributed by atoms with van der Waals surface area (Å²) in [6.45, 7) is 4.00. The molecule has 1 N–H and O–H groups in total. The molecule has 0 amide bonds. The molecule has 0 atom stereocenters. The van der Waals surface area contributed by atoms with Crippen molar-refractivity contribution < 1.29 is 0 Å². The molecule has 0 radical (unpaired) electrons. The van der Waals surface area contributed by atoms with Crippen LogP contribution in [0.1, 0.15) is 17.4 Å². The van der Waals surface area contributed by atoms with Gasteiger partial charge in [-0.3, -0.25) is 0 Å². The maximum absolute atomic E-state index is 4.71. The molecule has 3 nitrogen and oxygen atoms in total. The Hall–Kier alpha value is -1.26. The number of hydrogen-bond donors (Lipinski definition) is 1. The Bertz CT molecular complexity index is 579. The van der Waals surface area contributed by atoms with E-state index < -0.39 is 0 Å². The summed E-state index contributed by atoms with van der Waals surface area (Å²) in [5, 5.41) is 3.26. The minimum Gasteiger partial charge on any atom is -0.315 e. The van der Waals surface area contributed by atoms with Crippen molar-refractivity contribution in [2.45, 2.75) is 12.8 Å². The molecule has 1 aliphatic heterocycles. The Labute approximate surface area is 115 Å². The average molecular weight is 304 g/mol. The summed E-state index contributed by atoms with van der Waals surface area (Å²) in [6, 6.07) is 10.2. The molecule has 0 unspecified atom stereocenters. The topological polar surface area (TPSA) is 37.8 Å². The summed E-state index contributed by atoms with van der Waals surface area (Å²) in [6.07, 6.45) is 0. The van der Waals surface area contributed by atoms with Gasteiger partial charge in [0.1, 0.15) is 5.82 Å². The van der Waals surface area contributed by atoms with Gasteiger partial charge in [0.05, 0.1) is 5.69 Å². The predicted octanol–water partition coefficient (Wildman–Crippen LogP) is 2.90. The van der Waals surface area contributed by atoms with Gasteiger partial charge in [0.15, 0.2) is 0 Å². The van der Waals surface area contributed by atoms with Crippen molar-refractivity contribution in [3.8, 4) is 11.3 Å². The molecule has 0 spiro atoms.